The van der Waals surface area contributed by atoms with E-state index in [4.69, 9.17) is 40.5 Å². The van der Waals surface area contributed by atoms with Gasteiger partial charge in [0.25, 0.3) is 0 Å². The Morgan fingerprint density at radius 2 is 1.65 bits per heavy atom. The second kappa shape index (κ2) is 6.22. The molecule has 0 radical (unpaired) electrons. The topological polar surface area (TPSA) is 67.1 Å². The number of nitrogen functional groups attached to an aromatic ring is 1. The third kappa shape index (κ3) is 3.70. The van der Waals surface area contributed by atoms with Gasteiger partial charge in [-0.2, -0.15) is 0 Å². The van der Waals surface area contributed by atoms with E-state index in [0.717, 1.165) is 0 Å². The summed E-state index contributed by atoms with van der Waals surface area (Å²) in [5.74, 6) is 0. The zero-order chi connectivity index (χ0) is 14.7. The molecule has 0 aliphatic heterocycles. The molecule has 0 saturated heterocycles. The molecule has 104 valence electrons. The smallest absolute Gasteiger partial charge is 0.323 e. The standard InChI is InChI=1S/C13H10Cl3N3O/c14-7-1-3-10(16)12(5-7)19-13(20)18-8-2-4-9(15)11(17)6-8/h1-6H,17H2,(H2,18,19,20). The van der Waals surface area contributed by atoms with Crippen LogP contribution >= 0.6 is 34.8 Å². The van der Waals surface area contributed by atoms with Crippen molar-refractivity contribution >= 4 is 57.9 Å². The second-order valence-corrected chi connectivity index (χ2v) is 5.19. The van der Waals surface area contributed by atoms with Crippen LogP contribution in [0.25, 0.3) is 0 Å². The van der Waals surface area contributed by atoms with Crippen LogP contribution in [0.2, 0.25) is 15.1 Å². The van der Waals surface area contributed by atoms with Gasteiger partial charge in [-0.3, -0.25) is 0 Å². The van der Waals surface area contributed by atoms with Gasteiger partial charge in [0.1, 0.15) is 0 Å². The van der Waals surface area contributed by atoms with E-state index in [1.165, 1.54) is 0 Å². The third-order valence-electron chi connectivity index (χ3n) is 2.43. The van der Waals surface area contributed by atoms with Crippen molar-refractivity contribution in [3.63, 3.8) is 0 Å². The van der Waals surface area contributed by atoms with Crippen LogP contribution in [0.3, 0.4) is 0 Å². The van der Waals surface area contributed by atoms with Gasteiger partial charge in [-0.25, -0.2) is 4.79 Å². The second-order valence-electron chi connectivity index (χ2n) is 3.94. The molecule has 2 amide bonds. The van der Waals surface area contributed by atoms with E-state index < -0.39 is 6.03 Å². The number of carbonyl (C=O) groups excluding carboxylic acids is 1. The lowest BCUT2D eigenvalue weighted by Crippen LogP contribution is -2.19. The quantitative estimate of drug-likeness (QED) is 0.687. The summed E-state index contributed by atoms with van der Waals surface area (Å²) >= 11 is 17.6. The first-order valence-electron chi connectivity index (χ1n) is 5.54. The highest BCUT2D eigenvalue weighted by Gasteiger charge is 2.07. The number of hydrogen-bond donors (Lipinski definition) is 3. The zero-order valence-electron chi connectivity index (χ0n) is 10.1. The largest absolute Gasteiger partial charge is 0.397 e. The van der Waals surface area contributed by atoms with Gasteiger partial charge in [0.05, 0.1) is 21.4 Å². The fraction of sp³-hybridized carbons (Fsp3) is 0. The maximum Gasteiger partial charge on any atom is 0.323 e. The Morgan fingerprint density at radius 3 is 2.35 bits per heavy atom. The van der Waals surface area contributed by atoms with E-state index >= 15 is 0 Å². The Balaban J connectivity index is 2.09. The van der Waals surface area contributed by atoms with E-state index in [0.29, 0.717) is 32.1 Å². The molecule has 0 aromatic heterocycles. The number of carbonyl (C=O) groups is 1. The van der Waals surface area contributed by atoms with Crippen molar-refractivity contribution in [1.82, 2.24) is 0 Å². The molecule has 2 aromatic carbocycles. The molecule has 0 bridgehead atoms. The summed E-state index contributed by atoms with van der Waals surface area (Å²) in [6.45, 7) is 0. The normalized spacial score (nSPS) is 10.2. The molecular weight excluding hydrogens is 321 g/mol. The fourth-order valence-corrected chi connectivity index (χ4v) is 1.95. The number of anilines is 3. The van der Waals surface area contributed by atoms with E-state index in [2.05, 4.69) is 10.6 Å². The SMILES string of the molecule is Nc1cc(NC(=O)Nc2cc(Cl)ccc2Cl)ccc1Cl. The number of urea groups is 1. The van der Waals surface area contributed by atoms with Gasteiger partial charge < -0.3 is 16.4 Å². The summed E-state index contributed by atoms with van der Waals surface area (Å²) in [6, 6.07) is 9.11. The molecular formula is C13H10Cl3N3O. The highest BCUT2D eigenvalue weighted by atomic mass is 35.5. The predicted molar refractivity (Wildman–Crippen MR) is 85.0 cm³/mol. The summed E-state index contributed by atoms with van der Waals surface area (Å²) in [4.78, 5) is 11.8. The lowest BCUT2D eigenvalue weighted by atomic mass is 10.3. The van der Waals surface area contributed by atoms with Crippen molar-refractivity contribution < 1.29 is 4.79 Å². The van der Waals surface area contributed by atoms with Crippen LogP contribution in [-0.4, -0.2) is 6.03 Å². The fourth-order valence-electron chi connectivity index (χ4n) is 1.50. The van der Waals surface area contributed by atoms with E-state index in [9.17, 15) is 4.79 Å². The zero-order valence-corrected chi connectivity index (χ0v) is 12.4. The molecule has 0 fully saturated rings. The Bertz CT molecular complexity index is 661. The van der Waals surface area contributed by atoms with E-state index in [1.54, 1.807) is 36.4 Å². The van der Waals surface area contributed by atoms with Gasteiger partial charge >= 0.3 is 6.03 Å². The average molecular weight is 331 g/mol. The van der Waals surface area contributed by atoms with Gasteiger partial charge in [0, 0.05) is 10.7 Å². The first-order chi connectivity index (χ1) is 9.45. The number of benzene rings is 2. The lowest BCUT2D eigenvalue weighted by Gasteiger charge is -2.10. The predicted octanol–water partition coefficient (Wildman–Crippen LogP) is 4.87. The number of hydrogen-bond acceptors (Lipinski definition) is 2. The molecule has 0 heterocycles. The molecule has 0 aliphatic carbocycles. The van der Waals surface area contributed by atoms with Crippen LogP contribution in [0.15, 0.2) is 36.4 Å². The minimum atomic E-state index is -0.462. The van der Waals surface area contributed by atoms with Crippen LogP contribution in [0, 0.1) is 0 Å². The Morgan fingerprint density at radius 1 is 0.950 bits per heavy atom. The molecule has 0 aliphatic rings. The third-order valence-corrected chi connectivity index (χ3v) is 3.34. The number of nitrogens with two attached hydrogens (primary N) is 1. The number of rotatable bonds is 2. The summed E-state index contributed by atoms with van der Waals surface area (Å²) < 4.78 is 0. The summed E-state index contributed by atoms with van der Waals surface area (Å²) in [6.07, 6.45) is 0. The molecule has 20 heavy (non-hydrogen) atoms. The molecule has 0 unspecified atom stereocenters. The van der Waals surface area contributed by atoms with Crippen molar-refractivity contribution in [1.29, 1.82) is 0 Å². The molecule has 4 nitrogen and oxygen atoms in total. The maximum absolute atomic E-state index is 11.8. The number of halogens is 3. The van der Waals surface area contributed by atoms with Crippen molar-refractivity contribution in [3.8, 4) is 0 Å². The Labute approximate surface area is 130 Å². The first kappa shape index (κ1) is 14.8. The number of nitrogens with one attached hydrogen (secondary N) is 2. The van der Waals surface area contributed by atoms with Crippen LogP contribution in [0.1, 0.15) is 0 Å². The van der Waals surface area contributed by atoms with Gasteiger partial charge in [0.2, 0.25) is 0 Å². The number of amides is 2. The molecule has 0 saturated carbocycles. The summed E-state index contributed by atoms with van der Waals surface area (Å²) in [7, 11) is 0. The van der Waals surface area contributed by atoms with E-state index in [-0.39, 0.29) is 0 Å². The molecule has 7 heteroatoms. The highest BCUT2D eigenvalue weighted by molar-refractivity contribution is 6.35. The van der Waals surface area contributed by atoms with Crippen molar-refractivity contribution in [3.05, 3.63) is 51.5 Å². The van der Waals surface area contributed by atoms with Crippen LogP contribution < -0.4 is 16.4 Å². The van der Waals surface area contributed by atoms with Gasteiger partial charge in [-0.05, 0) is 36.4 Å². The monoisotopic (exact) mass is 329 g/mol. The summed E-state index contributed by atoms with van der Waals surface area (Å²) in [5.41, 5.74) is 6.96. The Hall–Kier alpha value is -1.62. The highest BCUT2D eigenvalue weighted by Crippen LogP contribution is 2.26. The Kier molecular flexibility index (Phi) is 4.60. The van der Waals surface area contributed by atoms with Gasteiger partial charge in [-0.1, -0.05) is 34.8 Å². The first-order valence-corrected chi connectivity index (χ1v) is 6.67. The van der Waals surface area contributed by atoms with Gasteiger partial charge in [0.15, 0.2) is 0 Å². The molecule has 0 atom stereocenters. The van der Waals surface area contributed by atoms with E-state index in [1.807, 2.05) is 0 Å². The molecule has 2 aromatic rings. The van der Waals surface area contributed by atoms with Crippen molar-refractivity contribution in [2.45, 2.75) is 0 Å². The van der Waals surface area contributed by atoms with Crippen LogP contribution in [0.5, 0.6) is 0 Å². The van der Waals surface area contributed by atoms with Crippen LogP contribution in [0.4, 0.5) is 21.9 Å². The van der Waals surface area contributed by atoms with Crippen LogP contribution in [-0.2, 0) is 0 Å². The van der Waals surface area contributed by atoms with Crippen molar-refractivity contribution in [2.24, 2.45) is 0 Å². The minimum absolute atomic E-state index is 0.380. The lowest BCUT2D eigenvalue weighted by molar-refractivity contribution is 0.262. The average Bonchev–Trinajstić information content (AvgIpc) is 2.38. The maximum atomic E-state index is 11.8. The molecule has 2 rings (SSSR count). The summed E-state index contributed by atoms with van der Waals surface area (Å²) in [5, 5.41) is 6.49. The molecule has 4 N–H and O–H groups in total. The molecule has 0 spiro atoms. The van der Waals surface area contributed by atoms with Gasteiger partial charge in [-0.15, -0.1) is 0 Å². The van der Waals surface area contributed by atoms with Crippen molar-refractivity contribution in [2.75, 3.05) is 16.4 Å². The minimum Gasteiger partial charge on any atom is -0.397 e.